The molecule has 4 aromatic rings. The predicted octanol–water partition coefficient (Wildman–Crippen LogP) is 6.77. The van der Waals surface area contributed by atoms with Gasteiger partial charge in [-0.1, -0.05) is 71.8 Å². The van der Waals surface area contributed by atoms with Crippen molar-refractivity contribution in [3.63, 3.8) is 0 Å². The van der Waals surface area contributed by atoms with E-state index < -0.39 is 15.9 Å². The Bertz CT molecular complexity index is 1430. The Hall–Kier alpha value is -3.26. The van der Waals surface area contributed by atoms with Crippen molar-refractivity contribution in [1.82, 2.24) is 0 Å². The van der Waals surface area contributed by atoms with Gasteiger partial charge in [0, 0.05) is 15.7 Å². The molecule has 5 nitrogen and oxygen atoms in total. The van der Waals surface area contributed by atoms with E-state index in [9.17, 15) is 13.2 Å². The molecule has 0 atom stereocenters. The van der Waals surface area contributed by atoms with Crippen molar-refractivity contribution in [1.29, 1.82) is 0 Å². The Morgan fingerprint density at radius 1 is 0.861 bits per heavy atom. The fourth-order valence-corrected chi connectivity index (χ4v) is 6.02. The van der Waals surface area contributed by atoms with Crippen molar-refractivity contribution in [2.45, 2.75) is 22.5 Å². The average Bonchev–Trinajstić information content (AvgIpc) is 2.88. The molecule has 0 spiro atoms. The summed E-state index contributed by atoms with van der Waals surface area (Å²) in [4.78, 5) is 14.2. The zero-order chi connectivity index (χ0) is 25.5. The number of anilines is 2. The lowest BCUT2D eigenvalue weighted by Crippen LogP contribution is -2.38. The Morgan fingerprint density at radius 3 is 2.19 bits per heavy atom. The number of thioether (sulfide) groups is 1. The molecule has 0 aliphatic rings. The topological polar surface area (TPSA) is 66.5 Å². The third-order valence-electron chi connectivity index (χ3n) is 5.41. The number of benzene rings is 4. The lowest BCUT2D eigenvalue weighted by molar-refractivity contribution is -0.114. The van der Waals surface area contributed by atoms with E-state index in [2.05, 4.69) is 5.32 Å². The van der Waals surface area contributed by atoms with Gasteiger partial charge < -0.3 is 5.32 Å². The molecule has 0 heterocycles. The van der Waals surface area contributed by atoms with Gasteiger partial charge in [-0.25, -0.2) is 8.42 Å². The summed E-state index contributed by atoms with van der Waals surface area (Å²) in [5.41, 5.74) is 3.09. The predicted molar refractivity (Wildman–Crippen MR) is 148 cm³/mol. The highest BCUT2D eigenvalue weighted by atomic mass is 35.5. The fraction of sp³-hybridized carbons (Fsp3) is 0.107. The van der Waals surface area contributed by atoms with Crippen molar-refractivity contribution >= 4 is 50.7 Å². The second-order valence-electron chi connectivity index (χ2n) is 8.12. The van der Waals surface area contributed by atoms with Crippen molar-refractivity contribution in [2.75, 3.05) is 16.2 Å². The summed E-state index contributed by atoms with van der Waals surface area (Å²) >= 11 is 7.55. The maximum Gasteiger partial charge on any atom is 0.264 e. The number of sulfonamides is 1. The van der Waals surface area contributed by atoms with Gasteiger partial charge in [0.2, 0.25) is 5.91 Å². The van der Waals surface area contributed by atoms with Gasteiger partial charge in [-0.15, -0.1) is 11.8 Å². The molecule has 0 bridgehead atoms. The Labute approximate surface area is 221 Å². The molecule has 1 N–H and O–H groups in total. The molecule has 0 aliphatic heterocycles. The van der Waals surface area contributed by atoms with Gasteiger partial charge in [0.15, 0.2) is 0 Å². The van der Waals surface area contributed by atoms with E-state index in [-0.39, 0.29) is 11.4 Å². The number of aryl methyl sites for hydroxylation is 1. The molecule has 0 saturated heterocycles. The van der Waals surface area contributed by atoms with Crippen LogP contribution in [0, 0.1) is 6.92 Å². The molecule has 0 saturated carbocycles. The first-order valence-electron chi connectivity index (χ1n) is 11.2. The third kappa shape index (κ3) is 6.49. The van der Waals surface area contributed by atoms with E-state index in [1.807, 2.05) is 55.5 Å². The summed E-state index contributed by atoms with van der Waals surface area (Å²) in [5, 5.41) is 3.58. The van der Waals surface area contributed by atoms with Crippen LogP contribution in [0.15, 0.2) is 113 Å². The number of carbonyl (C=O) groups excluding carboxylic acids is 1. The van der Waals surface area contributed by atoms with E-state index >= 15 is 0 Å². The first kappa shape index (κ1) is 25.8. The second-order valence-corrected chi connectivity index (χ2v) is 11.4. The number of para-hydroxylation sites is 2. The fourth-order valence-electron chi connectivity index (χ4n) is 3.50. The van der Waals surface area contributed by atoms with Gasteiger partial charge in [-0.2, -0.15) is 0 Å². The van der Waals surface area contributed by atoms with Crippen LogP contribution in [0.2, 0.25) is 5.02 Å². The quantitative estimate of drug-likeness (QED) is 0.240. The molecule has 184 valence electrons. The van der Waals surface area contributed by atoms with Crippen LogP contribution < -0.4 is 9.62 Å². The number of halogens is 1. The summed E-state index contributed by atoms with van der Waals surface area (Å²) in [6.07, 6.45) is 0. The van der Waals surface area contributed by atoms with Crippen molar-refractivity contribution in [3.05, 3.63) is 119 Å². The molecule has 4 aromatic carbocycles. The minimum absolute atomic E-state index is 0.128. The minimum atomic E-state index is -3.96. The smallest absolute Gasteiger partial charge is 0.264 e. The van der Waals surface area contributed by atoms with Crippen molar-refractivity contribution in [2.24, 2.45) is 0 Å². The first-order chi connectivity index (χ1) is 17.3. The Kier molecular flexibility index (Phi) is 8.36. The maximum absolute atomic E-state index is 13.5. The van der Waals surface area contributed by atoms with Crippen LogP contribution in [0.3, 0.4) is 0 Å². The number of hydrogen-bond acceptors (Lipinski definition) is 4. The largest absolute Gasteiger partial charge is 0.323 e. The van der Waals surface area contributed by atoms with Gasteiger partial charge in [0.1, 0.15) is 6.54 Å². The highest BCUT2D eigenvalue weighted by molar-refractivity contribution is 7.98. The van der Waals surface area contributed by atoms with E-state index in [4.69, 9.17) is 11.6 Å². The van der Waals surface area contributed by atoms with Crippen LogP contribution in [0.5, 0.6) is 0 Å². The maximum atomic E-state index is 13.5. The van der Waals surface area contributed by atoms with E-state index in [1.54, 1.807) is 66.4 Å². The van der Waals surface area contributed by atoms with Gasteiger partial charge in [0.25, 0.3) is 10.0 Å². The van der Waals surface area contributed by atoms with E-state index in [0.29, 0.717) is 22.2 Å². The van der Waals surface area contributed by atoms with Gasteiger partial charge in [-0.3, -0.25) is 9.10 Å². The highest BCUT2D eigenvalue weighted by Gasteiger charge is 2.27. The molecular formula is C28H25ClN2O3S2. The molecule has 0 aliphatic carbocycles. The minimum Gasteiger partial charge on any atom is -0.323 e. The van der Waals surface area contributed by atoms with Gasteiger partial charge in [-0.05, 0) is 61.0 Å². The lowest BCUT2D eigenvalue weighted by atomic mass is 10.2. The van der Waals surface area contributed by atoms with Crippen molar-refractivity contribution < 1.29 is 13.2 Å². The SMILES string of the molecule is Cc1ccc(S(=O)(=O)N(CC(=O)Nc2ccccc2SCc2ccc(Cl)cc2)c2ccccc2)cc1. The third-order valence-corrected chi connectivity index (χ3v) is 8.59. The van der Waals surface area contributed by atoms with Gasteiger partial charge in [0.05, 0.1) is 16.3 Å². The number of carbonyl (C=O) groups is 1. The zero-order valence-electron chi connectivity index (χ0n) is 19.6. The molecule has 4 rings (SSSR count). The van der Waals surface area contributed by atoms with Crippen LogP contribution >= 0.6 is 23.4 Å². The molecular weight excluding hydrogens is 512 g/mol. The Morgan fingerprint density at radius 2 is 1.50 bits per heavy atom. The number of nitrogens with zero attached hydrogens (tertiary/aromatic N) is 1. The van der Waals surface area contributed by atoms with Crippen LogP contribution in [0.25, 0.3) is 0 Å². The number of nitrogens with one attached hydrogen (secondary N) is 1. The molecule has 1 amide bonds. The second kappa shape index (κ2) is 11.6. The van der Waals surface area contributed by atoms with Crippen LogP contribution in [-0.4, -0.2) is 20.9 Å². The monoisotopic (exact) mass is 536 g/mol. The number of hydrogen-bond donors (Lipinski definition) is 1. The molecule has 36 heavy (non-hydrogen) atoms. The molecule has 0 aromatic heterocycles. The first-order valence-corrected chi connectivity index (χ1v) is 14.0. The van der Waals surface area contributed by atoms with Crippen LogP contribution in [-0.2, 0) is 20.6 Å². The van der Waals surface area contributed by atoms with E-state index in [0.717, 1.165) is 20.3 Å². The molecule has 0 unspecified atom stereocenters. The molecule has 8 heteroatoms. The summed E-state index contributed by atoms with van der Waals surface area (Å²) in [5.74, 6) is 0.260. The summed E-state index contributed by atoms with van der Waals surface area (Å²) < 4.78 is 28.2. The summed E-state index contributed by atoms with van der Waals surface area (Å²) in [6.45, 7) is 1.53. The van der Waals surface area contributed by atoms with E-state index in [1.165, 1.54) is 0 Å². The lowest BCUT2D eigenvalue weighted by Gasteiger charge is -2.24. The standard InChI is InChI=1S/C28H25ClN2O3S2/c1-21-11-17-25(18-12-21)36(33,34)31(24-7-3-2-4-8-24)19-28(32)30-26-9-5-6-10-27(26)35-20-22-13-15-23(29)16-14-22/h2-18H,19-20H2,1H3,(H,30,32). The molecule has 0 radical (unpaired) electrons. The van der Waals surface area contributed by atoms with Crippen molar-refractivity contribution in [3.8, 4) is 0 Å². The average molecular weight is 537 g/mol. The normalized spacial score (nSPS) is 11.2. The highest BCUT2D eigenvalue weighted by Crippen LogP contribution is 2.30. The van der Waals surface area contributed by atoms with Crippen LogP contribution in [0.4, 0.5) is 11.4 Å². The number of rotatable bonds is 9. The Balaban J connectivity index is 1.54. The number of amides is 1. The summed E-state index contributed by atoms with van der Waals surface area (Å²) in [7, 11) is -3.96. The van der Waals surface area contributed by atoms with Crippen LogP contribution in [0.1, 0.15) is 11.1 Å². The molecule has 0 fully saturated rings. The summed E-state index contributed by atoms with van der Waals surface area (Å²) in [6, 6.07) is 30.3. The zero-order valence-corrected chi connectivity index (χ0v) is 22.0. The van der Waals surface area contributed by atoms with Gasteiger partial charge >= 0.3 is 0 Å².